The van der Waals surface area contributed by atoms with Gasteiger partial charge >= 0.3 is 0 Å². The summed E-state index contributed by atoms with van der Waals surface area (Å²) in [6.45, 7) is 1.36. The van der Waals surface area contributed by atoms with Gasteiger partial charge in [-0.15, -0.1) is 0 Å². The summed E-state index contributed by atoms with van der Waals surface area (Å²) >= 11 is 0. The molecule has 0 saturated carbocycles. The Bertz CT molecular complexity index is 3120. The van der Waals surface area contributed by atoms with Gasteiger partial charge in [0.1, 0.15) is 24.4 Å². The van der Waals surface area contributed by atoms with Crippen molar-refractivity contribution >= 4 is 55.4 Å². The number of rotatable bonds is 14. The van der Waals surface area contributed by atoms with Crippen LogP contribution in [0.1, 0.15) is 49.2 Å². The standard InChI is InChI=1S/C54H45N3O7/c58-52-45-43-38-25-13-15-27-40(38)55-47(43)48-44(46(45)53(59)56-52)39-26-14-16-28-41(39)57(48)54-51(63-32-37-23-11-4-12-24-37)50(62-31-36-21-9-3-10-22-36)49(61-30-35-19-7-2-8-20-35)42(64-54)33-60-29-34-17-5-1-6-18-34/h1-28,42,49-51,54-55H,29-33H2,(H,56,58,59)/t42-,49-,50+,51-,54-/m1/s1. The van der Waals surface area contributed by atoms with Crippen molar-refractivity contribution in [2.45, 2.75) is 57.1 Å². The number of nitrogens with one attached hydrogen (secondary N) is 2. The molecular weight excluding hydrogens is 803 g/mol. The minimum Gasteiger partial charge on any atom is -0.374 e. The van der Waals surface area contributed by atoms with E-state index in [-0.39, 0.29) is 19.8 Å². The second kappa shape index (κ2) is 17.3. The van der Waals surface area contributed by atoms with Gasteiger partial charge in [0.25, 0.3) is 11.8 Å². The van der Waals surface area contributed by atoms with Crippen molar-refractivity contribution < 1.29 is 33.3 Å². The molecule has 2 N–H and O–H groups in total. The Morgan fingerprint density at radius 2 is 0.984 bits per heavy atom. The highest BCUT2D eigenvalue weighted by Gasteiger charge is 2.50. The van der Waals surface area contributed by atoms with Gasteiger partial charge in [0.2, 0.25) is 0 Å². The fourth-order valence-electron chi connectivity index (χ4n) is 9.51. The van der Waals surface area contributed by atoms with E-state index in [9.17, 15) is 9.59 Å². The van der Waals surface area contributed by atoms with Gasteiger partial charge in [0, 0.05) is 27.1 Å². The number of amides is 2. The number of para-hydroxylation sites is 2. The van der Waals surface area contributed by atoms with Gasteiger partial charge in [0.05, 0.1) is 60.7 Å². The lowest BCUT2D eigenvalue weighted by atomic mass is 9.95. The predicted octanol–water partition coefficient (Wildman–Crippen LogP) is 10.2. The zero-order valence-electron chi connectivity index (χ0n) is 34.9. The molecule has 2 aliphatic heterocycles. The van der Waals surface area contributed by atoms with Gasteiger partial charge < -0.3 is 33.2 Å². The summed E-state index contributed by atoms with van der Waals surface area (Å²) in [5.41, 5.74) is 7.76. The first-order valence-electron chi connectivity index (χ1n) is 21.7. The van der Waals surface area contributed by atoms with Crippen LogP contribution in [0, 0.1) is 0 Å². The maximum absolute atomic E-state index is 14.1. The van der Waals surface area contributed by atoms with Crippen molar-refractivity contribution in [3.05, 3.63) is 203 Å². The van der Waals surface area contributed by atoms with E-state index in [2.05, 4.69) is 14.9 Å². The number of hydrogen-bond donors (Lipinski definition) is 2. The van der Waals surface area contributed by atoms with Crippen LogP contribution >= 0.6 is 0 Å². The number of hydrogen-bond acceptors (Lipinski definition) is 7. The number of fused-ring (bicyclic) bond motifs is 10. The molecule has 2 amide bonds. The van der Waals surface area contributed by atoms with Crippen LogP contribution in [0.4, 0.5) is 0 Å². The number of carbonyl (C=O) groups is 2. The molecular formula is C54H45N3O7. The number of benzene rings is 7. The summed E-state index contributed by atoms with van der Waals surface area (Å²) in [5.74, 6) is -0.859. The summed E-state index contributed by atoms with van der Waals surface area (Å²) in [6.07, 6.45) is -3.67. The summed E-state index contributed by atoms with van der Waals surface area (Å²) in [4.78, 5) is 31.6. The molecule has 0 spiro atoms. The lowest BCUT2D eigenvalue weighted by Gasteiger charge is -2.47. The zero-order valence-corrected chi connectivity index (χ0v) is 34.9. The maximum Gasteiger partial charge on any atom is 0.259 e. The first-order chi connectivity index (χ1) is 31.6. The molecule has 0 bridgehead atoms. The highest BCUT2D eigenvalue weighted by atomic mass is 16.6. The van der Waals surface area contributed by atoms with Crippen molar-refractivity contribution in [1.82, 2.24) is 14.9 Å². The second-order valence-corrected chi connectivity index (χ2v) is 16.4. The van der Waals surface area contributed by atoms with Crippen molar-refractivity contribution in [3.63, 3.8) is 0 Å². The predicted molar refractivity (Wildman–Crippen MR) is 246 cm³/mol. The molecule has 2 aliphatic rings. The van der Waals surface area contributed by atoms with Crippen LogP contribution in [0.25, 0.3) is 43.6 Å². The average molecular weight is 848 g/mol. The molecule has 318 valence electrons. The quantitative estimate of drug-likeness (QED) is 0.105. The smallest absolute Gasteiger partial charge is 0.259 e. The molecule has 0 aliphatic carbocycles. The first-order valence-corrected chi connectivity index (χ1v) is 21.7. The SMILES string of the molecule is O=C1NC(=O)c2c1c1c3ccccc3[nH]c1c1c2c2ccccc2n1[C@@H]1O[C@H](COCc2ccccc2)[C@@H](OCc2ccccc2)[C@H](OCc2ccccc2)[C@H]1OCc1ccccc1. The lowest BCUT2D eigenvalue weighted by molar-refractivity contribution is -0.288. The summed E-state index contributed by atoms with van der Waals surface area (Å²) in [7, 11) is 0. The molecule has 9 aromatic rings. The molecule has 4 heterocycles. The van der Waals surface area contributed by atoms with E-state index in [0.717, 1.165) is 44.1 Å². The van der Waals surface area contributed by atoms with Crippen LogP contribution in [-0.2, 0) is 50.1 Å². The molecule has 5 atom stereocenters. The Morgan fingerprint density at radius 1 is 0.500 bits per heavy atom. The largest absolute Gasteiger partial charge is 0.374 e. The van der Waals surface area contributed by atoms with Crippen molar-refractivity contribution in [2.75, 3.05) is 6.61 Å². The van der Waals surface area contributed by atoms with Crippen LogP contribution in [0.3, 0.4) is 0 Å². The Labute approximate surface area is 369 Å². The molecule has 1 fully saturated rings. The minimum atomic E-state index is -0.860. The van der Waals surface area contributed by atoms with E-state index in [1.807, 2.05) is 170 Å². The number of aromatic amines is 1. The van der Waals surface area contributed by atoms with Crippen LogP contribution in [-0.4, -0.2) is 52.4 Å². The molecule has 2 aromatic heterocycles. The molecule has 0 unspecified atom stereocenters. The van der Waals surface area contributed by atoms with Crippen LogP contribution in [0.5, 0.6) is 0 Å². The van der Waals surface area contributed by atoms with E-state index in [0.29, 0.717) is 46.1 Å². The normalized spacial score (nSPS) is 19.8. The average Bonchev–Trinajstić information content (AvgIpc) is 3.99. The zero-order chi connectivity index (χ0) is 43.0. The van der Waals surface area contributed by atoms with Gasteiger partial charge in [-0.05, 0) is 34.4 Å². The van der Waals surface area contributed by atoms with Crippen molar-refractivity contribution in [2.24, 2.45) is 0 Å². The van der Waals surface area contributed by atoms with Gasteiger partial charge in [-0.2, -0.15) is 0 Å². The number of imide groups is 1. The van der Waals surface area contributed by atoms with Crippen LogP contribution in [0.15, 0.2) is 170 Å². The van der Waals surface area contributed by atoms with Gasteiger partial charge in [-0.25, -0.2) is 0 Å². The molecule has 0 radical (unpaired) electrons. The topological polar surface area (TPSA) is 113 Å². The maximum atomic E-state index is 14.1. The highest BCUT2D eigenvalue weighted by Crippen LogP contribution is 2.47. The second-order valence-electron chi connectivity index (χ2n) is 16.4. The van der Waals surface area contributed by atoms with Crippen molar-refractivity contribution in [3.8, 4) is 0 Å². The summed E-state index contributed by atoms with van der Waals surface area (Å²) in [6, 6.07) is 56.1. The Balaban J connectivity index is 1.13. The van der Waals surface area contributed by atoms with E-state index in [1.165, 1.54) is 0 Å². The number of H-pyrrole nitrogens is 1. The third-order valence-electron chi connectivity index (χ3n) is 12.4. The number of ether oxygens (including phenoxy) is 5. The van der Waals surface area contributed by atoms with E-state index >= 15 is 0 Å². The van der Waals surface area contributed by atoms with Gasteiger partial charge in [0.15, 0.2) is 6.23 Å². The monoisotopic (exact) mass is 847 g/mol. The molecule has 1 saturated heterocycles. The van der Waals surface area contributed by atoms with E-state index < -0.39 is 42.5 Å². The first kappa shape index (κ1) is 39.9. The molecule has 11 rings (SSSR count). The molecule has 64 heavy (non-hydrogen) atoms. The van der Waals surface area contributed by atoms with Gasteiger partial charge in [-0.1, -0.05) is 158 Å². The Morgan fingerprint density at radius 3 is 1.59 bits per heavy atom. The number of aromatic nitrogens is 2. The van der Waals surface area contributed by atoms with Gasteiger partial charge in [-0.3, -0.25) is 14.9 Å². The minimum absolute atomic E-state index is 0.173. The van der Waals surface area contributed by atoms with E-state index in [4.69, 9.17) is 23.7 Å². The molecule has 10 nitrogen and oxygen atoms in total. The highest BCUT2D eigenvalue weighted by molar-refractivity contribution is 6.39. The third-order valence-corrected chi connectivity index (χ3v) is 12.4. The summed E-state index contributed by atoms with van der Waals surface area (Å²) in [5, 5.41) is 5.59. The van der Waals surface area contributed by atoms with Crippen LogP contribution in [0.2, 0.25) is 0 Å². The number of nitrogens with zero attached hydrogens (tertiary/aromatic N) is 1. The fraction of sp³-hybridized carbons (Fsp3) is 0.185. The Hall–Kier alpha value is -6.92. The van der Waals surface area contributed by atoms with Crippen LogP contribution < -0.4 is 5.32 Å². The lowest BCUT2D eigenvalue weighted by Crippen LogP contribution is -2.59. The summed E-state index contributed by atoms with van der Waals surface area (Å²) < 4.78 is 37.5. The number of carbonyl (C=O) groups excluding carboxylic acids is 2. The molecule has 10 heteroatoms. The Kier molecular flexibility index (Phi) is 10.8. The van der Waals surface area contributed by atoms with Crippen molar-refractivity contribution in [1.29, 1.82) is 0 Å². The molecule has 7 aromatic carbocycles. The van der Waals surface area contributed by atoms with E-state index in [1.54, 1.807) is 0 Å². The fourth-order valence-corrected chi connectivity index (χ4v) is 9.51. The third kappa shape index (κ3) is 7.35.